The lowest BCUT2D eigenvalue weighted by molar-refractivity contribution is -0.116. The lowest BCUT2D eigenvalue weighted by Crippen LogP contribution is -2.34. The third-order valence-corrected chi connectivity index (χ3v) is 5.79. The van der Waals surface area contributed by atoms with Crippen LogP contribution in [0.1, 0.15) is 28.7 Å². The molecule has 2 aromatic rings. The second-order valence-corrected chi connectivity index (χ2v) is 8.95. The molecule has 0 aliphatic heterocycles. The Morgan fingerprint density at radius 1 is 1.00 bits per heavy atom. The van der Waals surface area contributed by atoms with Gasteiger partial charge in [-0.1, -0.05) is 48.0 Å². The molecule has 0 fully saturated rings. The maximum absolute atomic E-state index is 12.4. The molecule has 0 saturated carbocycles. The molecule has 0 heterocycles. The largest absolute Gasteiger partial charge is 0.326 e. The third-order valence-electron chi connectivity index (χ3n) is 4.49. The minimum atomic E-state index is -3.37. The molecule has 0 atom stereocenters. The highest BCUT2D eigenvalue weighted by atomic mass is 32.2. The Labute approximate surface area is 162 Å². The molecule has 0 saturated heterocycles. The van der Waals surface area contributed by atoms with Crippen molar-refractivity contribution in [3.63, 3.8) is 0 Å². The van der Waals surface area contributed by atoms with E-state index < -0.39 is 10.0 Å². The first kappa shape index (κ1) is 21.1. The van der Waals surface area contributed by atoms with Gasteiger partial charge in [0.05, 0.1) is 6.26 Å². The van der Waals surface area contributed by atoms with E-state index in [1.165, 1.54) is 10.6 Å². The molecule has 0 radical (unpaired) electrons. The Morgan fingerprint density at radius 3 is 2.15 bits per heavy atom. The molecule has 0 aromatic heterocycles. The second-order valence-electron chi connectivity index (χ2n) is 6.97. The number of hydrogen-bond acceptors (Lipinski definition) is 3. The van der Waals surface area contributed by atoms with Crippen LogP contribution >= 0.6 is 0 Å². The molecule has 0 aliphatic carbocycles. The van der Waals surface area contributed by atoms with Gasteiger partial charge >= 0.3 is 0 Å². The molecule has 1 amide bonds. The first-order valence-corrected chi connectivity index (χ1v) is 10.9. The highest BCUT2D eigenvalue weighted by Gasteiger charge is 2.18. The van der Waals surface area contributed by atoms with Crippen LogP contribution in [0.2, 0.25) is 0 Å². The normalized spacial score (nSPS) is 11.6. The zero-order valence-corrected chi connectivity index (χ0v) is 17.3. The maximum Gasteiger partial charge on any atom is 0.225 e. The zero-order chi connectivity index (χ0) is 20.0. The van der Waals surface area contributed by atoms with Crippen LogP contribution in [0.5, 0.6) is 0 Å². The summed E-state index contributed by atoms with van der Waals surface area (Å²) in [5, 5.41) is 2.93. The first-order valence-electron chi connectivity index (χ1n) is 9.03. The number of anilines is 1. The highest BCUT2D eigenvalue weighted by molar-refractivity contribution is 7.88. The van der Waals surface area contributed by atoms with Gasteiger partial charge in [-0.15, -0.1) is 0 Å². The molecular weight excluding hydrogens is 360 g/mol. The summed E-state index contributed by atoms with van der Waals surface area (Å²) < 4.78 is 25.5. The monoisotopic (exact) mass is 388 g/mol. The average molecular weight is 389 g/mol. The minimum absolute atomic E-state index is 0.120. The summed E-state index contributed by atoms with van der Waals surface area (Å²) in [6.07, 6.45) is 1.92. The Kier molecular flexibility index (Phi) is 7.16. The van der Waals surface area contributed by atoms with E-state index in [0.717, 1.165) is 27.9 Å². The van der Waals surface area contributed by atoms with Crippen LogP contribution in [0.15, 0.2) is 42.5 Å². The summed E-state index contributed by atoms with van der Waals surface area (Å²) in [5.74, 6) is -0.182. The van der Waals surface area contributed by atoms with Crippen molar-refractivity contribution in [1.82, 2.24) is 4.31 Å². The summed E-state index contributed by atoms with van der Waals surface area (Å²) in [5.41, 5.74) is 5.03. The Balaban J connectivity index is 1.97. The van der Waals surface area contributed by atoms with Crippen LogP contribution in [-0.4, -0.2) is 38.0 Å². The van der Waals surface area contributed by atoms with Gasteiger partial charge in [-0.2, -0.15) is 0 Å². The molecule has 5 nitrogen and oxygen atoms in total. The summed E-state index contributed by atoms with van der Waals surface area (Å²) >= 11 is 0. The van der Waals surface area contributed by atoms with Crippen molar-refractivity contribution in [3.8, 4) is 0 Å². The van der Waals surface area contributed by atoms with Crippen LogP contribution in [0, 0.1) is 20.8 Å². The Hall–Kier alpha value is -2.18. The van der Waals surface area contributed by atoms with Crippen molar-refractivity contribution in [1.29, 1.82) is 0 Å². The quantitative estimate of drug-likeness (QED) is 0.753. The van der Waals surface area contributed by atoms with Gasteiger partial charge in [-0.05, 0) is 43.9 Å². The predicted molar refractivity (Wildman–Crippen MR) is 110 cm³/mol. The van der Waals surface area contributed by atoms with Crippen molar-refractivity contribution in [2.75, 3.05) is 24.7 Å². The van der Waals surface area contributed by atoms with E-state index in [9.17, 15) is 13.2 Å². The summed E-state index contributed by atoms with van der Waals surface area (Å²) in [7, 11) is -3.37. The molecule has 0 aliphatic rings. The number of carbonyl (C=O) groups is 1. The van der Waals surface area contributed by atoms with Gasteiger partial charge in [0, 0.05) is 25.2 Å². The van der Waals surface area contributed by atoms with Crippen LogP contribution in [-0.2, 0) is 21.2 Å². The molecule has 146 valence electrons. The molecule has 27 heavy (non-hydrogen) atoms. The van der Waals surface area contributed by atoms with Crippen molar-refractivity contribution >= 4 is 21.6 Å². The van der Waals surface area contributed by atoms with E-state index in [2.05, 4.69) is 5.32 Å². The van der Waals surface area contributed by atoms with Gasteiger partial charge in [0.2, 0.25) is 15.9 Å². The molecule has 1 N–H and O–H groups in total. The topological polar surface area (TPSA) is 66.5 Å². The number of rotatable bonds is 8. The summed E-state index contributed by atoms with van der Waals surface area (Å²) in [6.45, 7) is 6.46. The van der Waals surface area contributed by atoms with E-state index in [4.69, 9.17) is 0 Å². The molecule has 0 spiro atoms. The maximum atomic E-state index is 12.4. The minimum Gasteiger partial charge on any atom is -0.326 e. The van der Waals surface area contributed by atoms with Gasteiger partial charge < -0.3 is 5.32 Å². The van der Waals surface area contributed by atoms with E-state index in [-0.39, 0.29) is 18.9 Å². The fraction of sp³-hybridized carbons (Fsp3) is 0.381. The van der Waals surface area contributed by atoms with Gasteiger partial charge in [-0.3, -0.25) is 4.79 Å². The number of benzene rings is 2. The predicted octanol–water partition coefficient (Wildman–Crippen LogP) is 3.44. The van der Waals surface area contributed by atoms with Crippen LogP contribution in [0.25, 0.3) is 0 Å². The van der Waals surface area contributed by atoms with Crippen molar-refractivity contribution in [2.45, 2.75) is 33.6 Å². The fourth-order valence-electron chi connectivity index (χ4n) is 3.15. The number of nitrogens with zero attached hydrogens (tertiary/aromatic N) is 1. The molecular formula is C21H28N2O3S. The summed E-state index contributed by atoms with van der Waals surface area (Å²) in [4.78, 5) is 12.4. The van der Waals surface area contributed by atoms with Gasteiger partial charge in [0.1, 0.15) is 0 Å². The van der Waals surface area contributed by atoms with E-state index in [0.29, 0.717) is 13.0 Å². The second kappa shape index (κ2) is 9.15. The SMILES string of the molecule is Cc1cc(C)c(NC(=O)CCN(CCc2ccccc2)S(C)(=O)=O)c(C)c1. The lowest BCUT2D eigenvalue weighted by atomic mass is 10.1. The lowest BCUT2D eigenvalue weighted by Gasteiger charge is -2.20. The fourth-order valence-corrected chi connectivity index (χ4v) is 3.99. The Morgan fingerprint density at radius 2 is 1.59 bits per heavy atom. The average Bonchev–Trinajstić information content (AvgIpc) is 2.57. The van der Waals surface area contributed by atoms with Crippen LogP contribution in [0.4, 0.5) is 5.69 Å². The van der Waals surface area contributed by atoms with Crippen molar-refractivity contribution in [2.24, 2.45) is 0 Å². The third kappa shape index (κ3) is 6.48. The summed E-state index contributed by atoms with van der Waals surface area (Å²) in [6, 6.07) is 13.8. The number of nitrogens with one attached hydrogen (secondary N) is 1. The highest BCUT2D eigenvalue weighted by Crippen LogP contribution is 2.22. The smallest absolute Gasteiger partial charge is 0.225 e. The molecule has 2 rings (SSSR count). The van der Waals surface area contributed by atoms with Gasteiger partial charge in [0.15, 0.2) is 0 Å². The Bertz CT molecular complexity index is 870. The van der Waals surface area contributed by atoms with Gasteiger partial charge in [-0.25, -0.2) is 12.7 Å². The van der Waals surface area contributed by atoms with Crippen molar-refractivity contribution in [3.05, 3.63) is 64.7 Å². The van der Waals surface area contributed by atoms with Crippen LogP contribution in [0.3, 0.4) is 0 Å². The first-order chi connectivity index (χ1) is 12.7. The standard InChI is InChI=1S/C21H28N2O3S/c1-16-14-17(2)21(18(3)15-16)22-20(24)11-13-23(27(4,25)26)12-10-19-8-6-5-7-9-19/h5-9,14-15H,10-13H2,1-4H3,(H,22,24). The number of hydrogen-bond donors (Lipinski definition) is 1. The van der Waals surface area contributed by atoms with Gasteiger partial charge in [0.25, 0.3) is 0 Å². The van der Waals surface area contributed by atoms with E-state index in [1.54, 1.807) is 0 Å². The number of amides is 1. The molecule has 2 aromatic carbocycles. The number of sulfonamides is 1. The van der Waals surface area contributed by atoms with E-state index in [1.807, 2.05) is 63.2 Å². The van der Waals surface area contributed by atoms with E-state index >= 15 is 0 Å². The molecule has 0 bridgehead atoms. The van der Waals surface area contributed by atoms with Crippen LogP contribution < -0.4 is 5.32 Å². The number of aryl methyl sites for hydroxylation is 3. The molecule has 6 heteroatoms. The zero-order valence-electron chi connectivity index (χ0n) is 16.5. The number of carbonyl (C=O) groups excluding carboxylic acids is 1. The van der Waals surface area contributed by atoms with Crippen molar-refractivity contribution < 1.29 is 13.2 Å². The molecule has 0 unspecified atom stereocenters.